The Bertz CT molecular complexity index is 381. The van der Waals surface area contributed by atoms with Gasteiger partial charge in [-0.2, -0.15) is 4.98 Å². The molecule has 5 heteroatoms. The van der Waals surface area contributed by atoms with Gasteiger partial charge in [0.2, 0.25) is 5.95 Å². The summed E-state index contributed by atoms with van der Waals surface area (Å²) in [7, 11) is 0. The highest BCUT2D eigenvalue weighted by atomic mass is 15.2. The molecule has 3 N–H and O–H groups in total. The van der Waals surface area contributed by atoms with Gasteiger partial charge in [0, 0.05) is 36.9 Å². The van der Waals surface area contributed by atoms with Crippen molar-refractivity contribution in [1.29, 1.82) is 0 Å². The van der Waals surface area contributed by atoms with Crippen LogP contribution < -0.4 is 11.1 Å². The predicted octanol–water partition coefficient (Wildman–Crippen LogP) is 2.15. The fraction of sp³-hybridized carbons (Fsp3) is 0.714. The lowest BCUT2D eigenvalue weighted by Gasteiger charge is -2.30. The molecule has 108 valence electrons. The van der Waals surface area contributed by atoms with Crippen LogP contribution in [0.3, 0.4) is 0 Å². The molecule has 0 aromatic carbocycles. The van der Waals surface area contributed by atoms with E-state index in [0.29, 0.717) is 18.0 Å². The van der Waals surface area contributed by atoms with Crippen molar-refractivity contribution < 1.29 is 0 Å². The molecule has 19 heavy (non-hydrogen) atoms. The Morgan fingerprint density at radius 3 is 2.42 bits per heavy atom. The zero-order valence-electron chi connectivity index (χ0n) is 12.8. The molecule has 0 aliphatic carbocycles. The maximum absolute atomic E-state index is 5.64. The van der Waals surface area contributed by atoms with E-state index in [1.165, 1.54) is 0 Å². The average molecular weight is 265 g/mol. The maximum atomic E-state index is 5.64. The van der Waals surface area contributed by atoms with E-state index in [1.54, 1.807) is 6.20 Å². The van der Waals surface area contributed by atoms with Crippen molar-refractivity contribution >= 4 is 11.8 Å². The van der Waals surface area contributed by atoms with Gasteiger partial charge < -0.3 is 11.1 Å². The highest BCUT2D eigenvalue weighted by Gasteiger charge is 2.13. The van der Waals surface area contributed by atoms with Gasteiger partial charge in [-0.1, -0.05) is 6.92 Å². The standard InChI is InChI=1S/C14H27N5/c1-6-12-9-17-14(15)18-13(12)16-7-8-19(10(2)3)11(4)5/h9-11H,6-8H2,1-5H3,(H3,15,16,17,18). The first-order chi connectivity index (χ1) is 8.95. The quantitative estimate of drug-likeness (QED) is 0.790. The number of nitrogens with zero attached hydrogens (tertiary/aromatic N) is 3. The molecule has 0 unspecified atom stereocenters. The smallest absolute Gasteiger partial charge is 0.221 e. The first-order valence-electron chi connectivity index (χ1n) is 7.06. The third-order valence-corrected chi connectivity index (χ3v) is 3.25. The second-order valence-corrected chi connectivity index (χ2v) is 5.31. The maximum Gasteiger partial charge on any atom is 0.221 e. The van der Waals surface area contributed by atoms with Gasteiger partial charge in [-0.05, 0) is 34.1 Å². The van der Waals surface area contributed by atoms with Crippen molar-refractivity contribution in [3.8, 4) is 0 Å². The zero-order chi connectivity index (χ0) is 14.4. The molecule has 0 spiro atoms. The second kappa shape index (κ2) is 7.28. The first-order valence-corrected chi connectivity index (χ1v) is 7.06. The molecule has 0 saturated carbocycles. The van der Waals surface area contributed by atoms with Crippen molar-refractivity contribution in [2.75, 3.05) is 24.1 Å². The van der Waals surface area contributed by atoms with E-state index in [-0.39, 0.29) is 0 Å². The van der Waals surface area contributed by atoms with E-state index in [9.17, 15) is 0 Å². The average Bonchev–Trinajstić information content (AvgIpc) is 2.33. The van der Waals surface area contributed by atoms with Gasteiger partial charge in [-0.3, -0.25) is 4.90 Å². The highest BCUT2D eigenvalue weighted by Crippen LogP contribution is 2.13. The van der Waals surface area contributed by atoms with Gasteiger partial charge in [-0.15, -0.1) is 0 Å². The summed E-state index contributed by atoms with van der Waals surface area (Å²) in [4.78, 5) is 10.7. The molecule has 1 heterocycles. The number of nitrogens with two attached hydrogens (primary N) is 1. The van der Waals surface area contributed by atoms with Crippen LogP contribution in [0.2, 0.25) is 0 Å². The fourth-order valence-electron chi connectivity index (χ4n) is 2.25. The lowest BCUT2D eigenvalue weighted by Crippen LogP contribution is -2.40. The third-order valence-electron chi connectivity index (χ3n) is 3.25. The Kier molecular flexibility index (Phi) is 6.02. The summed E-state index contributed by atoms with van der Waals surface area (Å²) in [5, 5.41) is 3.37. The SMILES string of the molecule is CCc1cnc(N)nc1NCCN(C(C)C)C(C)C. The Morgan fingerprint density at radius 1 is 1.26 bits per heavy atom. The normalized spacial score (nSPS) is 11.6. The van der Waals surface area contributed by atoms with Gasteiger partial charge in [0.25, 0.3) is 0 Å². The van der Waals surface area contributed by atoms with Gasteiger partial charge >= 0.3 is 0 Å². The second-order valence-electron chi connectivity index (χ2n) is 5.31. The van der Waals surface area contributed by atoms with Gasteiger partial charge in [0.1, 0.15) is 5.82 Å². The van der Waals surface area contributed by atoms with Gasteiger partial charge in [0.15, 0.2) is 0 Å². The highest BCUT2D eigenvalue weighted by molar-refractivity contribution is 5.45. The van der Waals surface area contributed by atoms with Crippen LogP contribution in [-0.4, -0.2) is 40.0 Å². The van der Waals surface area contributed by atoms with Crippen molar-refractivity contribution in [2.45, 2.75) is 53.1 Å². The summed E-state index contributed by atoms with van der Waals surface area (Å²) in [6.07, 6.45) is 2.70. The first kappa shape index (κ1) is 15.7. The van der Waals surface area contributed by atoms with Crippen molar-refractivity contribution in [3.05, 3.63) is 11.8 Å². The molecule has 5 nitrogen and oxygen atoms in total. The van der Waals surface area contributed by atoms with Crippen LogP contribution in [0.5, 0.6) is 0 Å². The Balaban J connectivity index is 2.59. The predicted molar refractivity (Wildman–Crippen MR) is 81.3 cm³/mol. The van der Waals surface area contributed by atoms with Crippen molar-refractivity contribution in [3.63, 3.8) is 0 Å². The summed E-state index contributed by atoms with van der Waals surface area (Å²) in [5.41, 5.74) is 6.74. The molecule has 0 atom stereocenters. The third kappa shape index (κ3) is 4.67. The largest absolute Gasteiger partial charge is 0.368 e. The van der Waals surface area contributed by atoms with E-state index in [1.807, 2.05) is 0 Å². The number of hydrogen-bond acceptors (Lipinski definition) is 5. The van der Waals surface area contributed by atoms with Gasteiger partial charge in [0.05, 0.1) is 0 Å². The van der Waals surface area contributed by atoms with Crippen LogP contribution in [0.15, 0.2) is 6.20 Å². The summed E-state index contributed by atoms with van der Waals surface area (Å²) in [6, 6.07) is 1.09. The number of aromatic nitrogens is 2. The van der Waals surface area contributed by atoms with Crippen molar-refractivity contribution in [2.24, 2.45) is 0 Å². The van der Waals surface area contributed by atoms with Crippen LogP contribution in [-0.2, 0) is 6.42 Å². The monoisotopic (exact) mass is 265 g/mol. The molecule has 1 aromatic heterocycles. The Labute approximate surface area is 116 Å². The molecule has 1 rings (SSSR count). The van der Waals surface area contributed by atoms with Crippen LogP contribution >= 0.6 is 0 Å². The lowest BCUT2D eigenvalue weighted by atomic mass is 10.2. The molecule has 0 amide bonds. The summed E-state index contributed by atoms with van der Waals surface area (Å²) < 4.78 is 0. The summed E-state index contributed by atoms with van der Waals surface area (Å²) >= 11 is 0. The lowest BCUT2D eigenvalue weighted by molar-refractivity contribution is 0.182. The molecule has 0 aliphatic rings. The van der Waals surface area contributed by atoms with E-state index in [0.717, 1.165) is 30.9 Å². The van der Waals surface area contributed by atoms with Crippen LogP contribution in [0, 0.1) is 0 Å². The molecule has 0 radical (unpaired) electrons. The Hall–Kier alpha value is -1.36. The molecular weight excluding hydrogens is 238 g/mol. The Morgan fingerprint density at radius 2 is 1.89 bits per heavy atom. The van der Waals surface area contributed by atoms with Crippen molar-refractivity contribution in [1.82, 2.24) is 14.9 Å². The van der Waals surface area contributed by atoms with Crippen LogP contribution in [0.1, 0.15) is 40.2 Å². The van der Waals surface area contributed by atoms with E-state index in [4.69, 9.17) is 5.73 Å². The van der Waals surface area contributed by atoms with E-state index in [2.05, 4.69) is 54.8 Å². The molecule has 0 aliphatic heterocycles. The topological polar surface area (TPSA) is 67.1 Å². The van der Waals surface area contributed by atoms with Gasteiger partial charge in [-0.25, -0.2) is 4.98 Å². The summed E-state index contributed by atoms with van der Waals surface area (Å²) in [6.45, 7) is 12.8. The number of anilines is 2. The minimum Gasteiger partial charge on any atom is -0.368 e. The minimum atomic E-state index is 0.323. The molecule has 0 saturated heterocycles. The number of rotatable bonds is 7. The number of aryl methyl sites for hydroxylation is 1. The number of hydrogen-bond donors (Lipinski definition) is 2. The number of nitrogen functional groups attached to an aromatic ring is 1. The van der Waals surface area contributed by atoms with Crippen LogP contribution in [0.4, 0.5) is 11.8 Å². The van der Waals surface area contributed by atoms with Crippen LogP contribution in [0.25, 0.3) is 0 Å². The molecule has 0 fully saturated rings. The number of nitrogens with one attached hydrogen (secondary N) is 1. The van der Waals surface area contributed by atoms with E-state index >= 15 is 0 Å². The molecule has 1 aromatic rings. The molecular formula is C14H27N5. The molecule has 0 bridgehead atoms. The summed E-state index contributed by atoms with van der Waals surface area (Å²) in [5.74, 6) is 1.19. The van der Waals surface area contributed by atoms with E-state index < -0.39 is 0 Å². The minimum absolute atomic E-state index is 0.323. The zero-order valence-corrected chi connectivity index (χ0v) is 12.8. The fourth-order valence-corrected chi connectivity index (χ4v) is 2.25.